The van der Waals surface area contributed by atoms with Crippen molar-refractivity contribution in [2.45, 2.75) is 103 Å². The second kappa shape index (κ2) is 16.9. The minimum absolute atomic E-state index is 0.156. The van der Waals surface area contributed by atoms with Gasteiger partial charge in [-0.15, -0.1) is 0 Å². The fourth-order valence-electron chi connectivity index (χ4n) is 6.20. The molecule has 2 aromatic heterocycles. The van der Waals surface area contributed by atoms with Crippen LogP contribution in [0.2, 0.25) is 0 Å². The Bertz CT molecular complexity index is 1780. The fraction of sp³-hybridized carbons (Fsp3) is 0.583. The van der Waals surface area contributed by atoms with Crippen LogP contribution in [0.25, 0.3) is 5.52 Å². The summed E-state index contributed by atoms with van der Waals surface area (Å²) in [4.78, 5) is 43.6. The monoisotopic (exact) mass is 758 g/mol. The summed E-state index contributed by atoms with van der Waals surface area (Å²) in [6.07, 6.45) is 1.14. The zero-order valence-electron chi connectivity index (χ0n) is 31.0. The molecule has 2 fully saturated rings. The third-order valence-corrected chi connectivity index (χ3v) is 11.0. The molecule has 1 aliphatic carbocycles. The predicted octanol–water partition coefficient (Wildman–Crippen LogP) is 4.52. The van der Waals surface area contributed by atoms with E-state index < -0.39 is 74.1 Å². The molecule has 5 rings (SSSR count). The molecule has 0 radical (unpaired) electrons. The average Bonchev–Trinajstić information content (AvgIpc) is 3.67. The van der Waals surface area contributed by atoms with Crippen LogP contribution in [0.15, 0.2) is 48.8 Å². The van der Waals surface area contributed by atoms with Crippen LogP contribution in [0.1, 0.15) is 79.0 Å². The largest absolute Gasteiger partial charge is 0.464 e. The van der Waals surface area contributed by atoms with Crippen LogP contribution in [0.4, 0.5) is 5.82 Å². The van der Waals surface area contributed by atoms with Gasteiger partial charge in [-0.05, 0) is 69.7 Å². The third-order valence-electron chi connectivity index (χ3n) is 9.38. The molecule has 16 nitrogen and oxygen atoms in total. The van der Waals surface area contributed by atoms with Crippen molar-refractivity contribution in [3.63, 3.8) is 0 Å². The number of nitrogens with zero attached hydrogens (tertiary/aromatic N) is 3. The number of nitrogens with two attached hydrogens (primary N) is 2. The number of benzene rings is 1. The van der Waals surface area contributed by atoms with Gasteiger partial charge in [0.1, 0.15) is 35.3 Å². The number of hydrogen-bond acceptors (Lipinski definition) is 14. The van der Waals surface area contributed by atoms with Crippen molar-refractivity contribution in [2.24, 2.45) is 23.5 Å². The minimum Gasteiger partial charge on any atom is -0.464 e. The molecule has 0 amide bonds. The van der Waals surface area contributed by atoms with Crippen LogP contribution >= 0.6 is 7.75 Å². The quantitative estimate of drug-likeness (QED) is 0.110. The van der Waals surface area contributed by atoms with E-state index in [1.54, 1.807) is 77.1 Å². The number of esters is 3. The maximum atomic E-state index is 14.6. The van der Waals surface area contributed by atoms with E-state index in [4.69, 9.17) is 39.5 Å². The normalized spacial score (nSPS) is 26.2. The van der Waals surface area contributed by atoms with Crippen molar-refractivity contribution in [3.05, 3.63) is 54.5 Å². The molecule has 6 atom stereocenters. The van der Waals surface area contributed by atoms with Gasteiger partial charge < -0.3 is 34.9 Å². The lowest BCUT2D eigenvalue weighted by atomic mass is 9.87. The van der Waals surface area contributed by atoms with E-state index in [1.807, 2.05) is 0 Å². The third kappa shape index (κ3) is 9.73. The van der Waals surface area contributed by atoms with Gasteiger partial charge in [0.25, 0.3) is 0 Å². The molecule has 1 unspecified atom stereocenters. The Labute approximate surface area is 309 Å². The molecule has 3 heterocycles. The number of hydrogen-bond donors (Lipinski definition) is 3. The molecule has 1 aliphatic heterocycles. The second-order valence-electron chi connectivity index (χ2n) is 14.6. The van der Waals surface area contributed by atoms with Crippen molar-refractivity contribution in [1.29, 1.82) is 0 Å². The van der Waals surface area contributed by atoms with E-state index in [2.05, 4.69) is 15.2 Å². The number of anilines is 1. The van der Waals surface area contributed by atoms with Crippen LogP contribution in [-0.4, -0.2) is 75.6 Å². The highest BCUT2D eigenvalue weighted by molar-refractivity contribution is 7.52. The maximum Gasteiger partial charge on any atom is 0.459 e. The number of carbonyl (C=O) groups excluding carboxylic acids is 3. The van der Waals surface area contributed by atoms with Gasteiger partial charge in [0.05, 0.1) is 30.7 Å². The van der Waals surface area contributed by atoms with Gasteiger partial charge in [-0.3, -0.25) is 18.9 Å². The minimum atomic E-state index is -4.42. The first-order valence-electron chi connectivity index (χ1n) is 17.9. The summed E-state index contributed by atoms with van der Waals surface area (Å²) in [7, 11) is -4.42. The van der Waals surface area contributed by atoms with Crippen LogP contribution in [0.5, 0.6) is 5.75 Å². The zero-order valence-corrected chi connectivity index (χ0v) is 31.9. The molecule has 0 bridgehead atoms. The van der Waals surface area contributed by atoms with Crippen molar-refractivity contribution in [3.8, 4) is 5.75 Å². The van der Waals surface area contributed by atoms with Gasteiger partial charge in [0, 0.05) is 6.04 Å². The molecular weight excluding hydrogens is 707 g/mol. The van der Waals surface area contributed by atoms with E-state index in [1.165, 1.54) is 17.8 Å². The Morgan fingerprint density at radius 1 is 0.981 bits per heavy atom. The lowest BCUT2D eigenvalue weighted by Gasteiger charge is -2.33. The average molecular weight is 759 g/mol. The summed E-state index contributed by atoms with van der Waals surface area (Å²) >= 11 is 0. The number of carbonyl (C=O) groups is 3. The molecule has 3 aromatic rings. The number of aromatic nitrogens is 3. The lowest BCUT2D eigenvalue weighted by Crippen LogP contribution is -2.49. The number of fused-ring (bicyclic) bond motifs is 1. The Morgan fingerprint density at radius 3 is 2.30 bits per heavy atom. The van der Waals surface area contributed by atoms with E-state index >= 15 is 0 Å². The fourth-order valence-corrected chi connectivity index (χ4v) is 7.79. The summed E-state index contributed by atoms with van der Waals surface area (Å²) in [5.41, 5.74) is 11.4. The highest BCUT2D eigenvalue weighted by Crippen LogP contribution is 2.50. The zero-order chi connectivity index (χ0) is 38.5. The highest BCUT2D eigenvalue weighted by Gasteiger charge is 2.59. The molecule has 0 spiro atoms. The molecule has 1 saturated heterocycles. The molecular formula is C36H51N6O10P. The first kappa shape index (κ1) is 40.1. The van der Waals surface area contributed by atoms with Crippen LogP contribution in [-0.2, 0) is 42.4 Å². The van der Waals surface area contributed by atoms with Crippen molar-refractivity contribution < 1.29 is 46.9 Å². The standard InChI is InChI=1S/C36H51N6O10P/c1-21(2)33(43)49-30-29(27-16-17-28-32(38)39-20-40-42(27)28)51-36(6,31(30)50-34(44)22(3)4)19-48-53(46,52-26-10-8-7-9-11-26)41-23(5)35(45)47-18-24-12-14-25(37)15-13-24/h7-11,16-17,20-25,29-31H,12-15,18-19,37H2,1-6H3,(H,41,46)(H2,38,39,40)/t23-,24-,25-,29-,30-,31-,36+,53?/m0/s1. The Hall–Kier alpha value is -4.08. The molecule has 1 aromatic carbocycles. The van der Waals surface area contributed by atoms with Crippen LogP contribution in [0.3, 0.4) is 0 Å². The van der Waals surface area contributed by atoms with Gasteiger partial charge in [0.2, 0.25) is 0 Å². The van der Waals surface area contributed by atoms with Crippen molar-refractivity contribution >= 4 is 37.0 Å². The molecule has 290 valence electrons. The first-order valence-corrected chi connectivity index (χ1v) is 19.5. The van der Waals surface area contributed by atoms with Gasteiger partial charge in [-0.25, -0.2) is 14.1 Å². The topological polar surface area (TPSA) is 218 Å². The number of nitrogen functional groups attached to an aromatic ring is 1. The van der Waals surface area contributed by atoms with Crippen LogP contribution < -0.4 is 21.1 Å². The van der Waals surface area contributed by atoms with Gasteiger partial charge in [-0.1, -0.05) is 45.9 Å². The van der Waals surface area contributed by atoms with Crippen molar-refractivity contribution in [1.82, 2.24) is 19.7 Å². The summed E-state index contributed by atoms with van der Waals surface area (Å²) in [5.74, 6) is -2.33. The summed E-state index contributed by atoms with van der Waals surface area (Å²) in [5, 5.41) is 7.04. The maximum absolute atomic E-state index is 14.6. The van der Waals surface area contributed by atoms with Crippen molar-refractivity contribution in [2.75, 3.05) is 18.9 Å². The number of para-hydroxylation sites is 1. The first-order chi connectivity index (χ1) is 25.1. The molecule has 2 aliphatic rings. The van der Waals surface area contributed by atoms with E-state index in [9.17, 15) is 18.9 Å². The summed E-state index contributed by atoms with van der Waals surface area (Å²) in [6, 6.07) is 10.7. The second-order valence-corrected chi connectivity index (χ2v) is 16.3. The predicted molar refractivity (Wildman–Crippen MR) is 193 cm³/mol. The molecule has 17 heteroatoms. The van der Waals surface area contributed by atoms with Crippen LogP contribution in [0, 0.1) is 17.8 Å². The van der Waals surface area contributed by atoms with Gasteiger partial charge >= 0.3 is 25.7 Å². The Balaban J connectivity index is 1.45. The summed E-state index contributed by atoms with van der Waals surface area (Å²) < 4.78 is 52.3. The molecule has 53 heavy (non-hydrogen) atoms. The lowest BCUT2D eigenvalue weighted by molar-refractivity contribution is -0.175. The Morgan fingerprint density at radius 2 is 1.64 bits per heavy atom. The summed E-state index contributed by atoms with van der Waals surface area (Å²) in [6.45, 7) is 9.43. The van der Waals surface area contributed by atoms with E-state index in [0.29, 0.717) is 11.2 Å². The highest BCUT2D eigenvalue weighted by atomic mass is 31.2. The number of rotatable bonds is 15. The molecule has 1 saturated carbocycles. The van der Waals surface area contributed by atoms with Gasteiger partial charge in [0.15, 0.2) is 18.0 Å². The Kier molecular flexibility index (Phi) is 12.8. The number of nitrogens with one attached hydrogen (secondary N) is 1. The van der Waals surface area contributed by atoms with E-state index in [0.717, 1.165) is 25.7 Å². The van der Waals surface area contributed by atoms with E-state index in [-0.39, 0.29) is 30.1 Å². The number of ether oxygens (including phenoxy) is 4. The smallest absolute Gasteiger partial charge is 0.459 e. The van der Waals surface area contributed by atoms with Gasteiger partial charge in [-0.2, -0.15) is 10.2 Å². The molecule has 5 N–H and O–H groups in total. The SMILES string of the molecule is CC(C)C(=O)O[C@H]1[C@H](c2ccc3c(N)ncnn23)O[C@](C)(COP(=O)(N[C@@H](C)C(=O)OC[C@H]2CC[C@H](N)CC2)Oc2ccccc2)[C@H]1OC(=O)C(C)C.